The largest absolute Gasteiger partial charge is 0.312 e. The molecule has 1 unspecified atom stereocenters. The van der Waals surface area contributed by atoms with Gasteiger partial charge in [0.2, 0.25) is 0 Å². The second-order valence-corrected chi connectivity index (χ2v) is 6.66. The van der Waals surface area contributed by atoms with Crippen molar-refractivity contribution in [2.45, 2.75) is 59.0 Å². The van der Waals surface area contributed by atoms with E-state index in [4.69, 9.17) is 0 Å². The molecule has 108 valence electrons. The van der Waals surface area contributed by atoms with Gasteiger partial charge in [-0.2, -0.15) is 0 Å². The van der Waals surface area contributed by atoms with Crippen LogP contribution in [0.2, 0.25) is 0 Å². The molecule has 1 aliphatic heterocycles. The Morgan fingerprint density at radius 3 is 2.44 bits per heavy atom. The second-order valence-electron chi connectivity index (χ2n) is 6.66. The fraction of sp³-hybridized carbons (Fsp3) is 1.00. The predicted molar refractivity (Wildman–Crippen MR) is 80.1 cm³/mol. The zero-order valence-corrected chi connectivity index (χ0v) is 13.1. The van der Waals surface area contributed by atoms with E-state index in [-0.39, 0.29) is 5.54 Å². The van der Waals surface area contributed by atoms with E-state index in [9.17, 15) is 0 Å². The van der Waals surface area contributed by atoms with Gasteiger partial charge in [-0.3, -0.25) is 4.90 Å². The van der Waals surface area contributed by atoms with Crippen molar-refractivity contribution in [3.63, 3.8) is 0 Å². The minimum Gasteiger partial charge on any atom is -0.312 e. The summed E-state index contributed by atoms with van der Waals surface area (Å²) >= 11 is 0. The number of likely N-dealkylation sites (N-methyl/N-ethyl adjacent to an activating group) is 1. The first-order valence-corrected chi connectivity index (χ1v) is 7.64. The summed E-state index contributed by atoms with van der Waals surface area (Å²) in [6, 6.07) is 0.733. The number of hydrogen-bond donors (Lipinski definition) is 1. The molecule has 1 aliphatic rings. The maximum atomic E-state index is 3.56. The van der Waals surface area contributed by atoms with Crippen LogP contribution in [0.4, 0.5) is 0 Å². The van der Waals surface area contributed by atoms with Crippen LogP contribution in [0.5, 0.6) is 0 Å². The number of rotatable bonds is 6. The quantitative estimate of drug-likeness (QED) is 0.734. The molecule has 0 aliphatic carbocycles. The molecule has 0 spiro atoms. The van der Waals surface area contributed by atoms with E-state index < -0.39 is 0 Å². The van der Waals surface area contributed by atoms with E-state index in [2.05, 4.69) is 49.7 Å². The number of nitrogens with one attached hydrogen (secondary N) is 1. The number of piperazine rings is 1. The van der Waals surface area contributed by atoms with Crippen molar-refractivity contribution in [1.29, 1.82) is 0 Å². The molecule has 1 atom stereocenters. The van der Waals surface area contributed by atoms with Gasteiger partial charge in [0, 0.05) is 31.2 Å². The zero-order valence-electron chi connectivity index (χ0n) is 13.1. The lowest BCUT2D eigenvalue weighted by Gasteiger charge is -2.39. The molecule has 0 aromatic rings. The predicted octanol–water partition coefficient (Wildman–Crippen LogP) is 2.18. The Labute approximate surface area is 114 Å². The van der Waals surface area contributed by atoms with Gasteiger partial charge in [-0.25, -0.2) is 0 Å². The highest BCUT2D eigenvalue weighted by atomic mass is 15.3. The molecular weight excluding hydrogens is 222 g/mol. The monoisotopic (exact) mass is 255 g/mol. The second kappa shape index (κ2) is 7.46. The smallest absolute Gasteiger partial charge is 0.0195 e. The molecule has 0 aromatic carbocycles. The first kappa shape index (κ1) is 15.9. The van der Waals surface area contributed by atoms with Crippen LogP contribution in [0, 0.1) is 0 Å². The van der Waals surface area contributed by atoms with Crippen LogP contribution in [-0.4, -0.2) is 60.6 Å². The SMILES string of the molecule is CCN1CCN(CCCCNC(C)(C)C)CC1C. The molecule has 0 amide bonds. The first-order valence-electron chi connectivity index (χ1n) is 7.64. The van der Waals surface area contributed by atoms with Crippen molar-refractivity contribution >= 4 is 0 Å². The van der Waals surface area contributed by atoms with Crippen LogP contribution in [0.1, 0.15) is 47.5 Å². The van der Waals surface area contributed by atoms with Gasteiger partial charge in [-0.1, -0.05) is 6.92 Å². The highest BCUT2D eigenvalue weighted by molar-refractivity contribution is 4.78. The molecular formula is C15H33N3. The topological polar surface area (TPSA) is 18.5 Å². The Hall–Kier alpha value is -0.120. The van der Waals surface area contributed by atoms with Gasteiger partial charge in [-0.15, -0.1) is 0 Å². The summed E-state index contributed by atoms with van der Waals surface area (Å²) in [5.41, 5.74) is 0.265. The number of nitrogens with zero attached hydrogens (tertiary/aromatic N) is 2. The van der Waals surface area contributed by atoms with E-state index in [0.717, 1.165) is 12.6 Å². The van der Waals surface area contributed by atoms with Gasteiger partial charge in [-0.05, 0) is 60.2 Å². The zero-order chi connectivity index (χ0) is 13.6. The molecule has 1 N–H and O–H groups in total. The Balaban J connectivity index is 2.07. The standard InChI is InChI=1S/C15H33N3/c1-6-18-12-11-17(13-14(18)2)10-8-7-9-16-15(3,4)5/h14,16H,6-13H2,1-5H3. The van der Waals surface area contributed by atoms with Gasteiger partial charge in [0.05, 0.1) is 0 Å². The fourth-order valence-corrected chi connectivity index (χ4v) is 2.67. The Morgan fingerprint density at radius 2 is 1.89 bits per heavy atom. The van der Waals surface area contributed by atoms with Crippen molar-refractivity contribution in [3.05, 3.63) is 0 Å². The van der Waals surface area contributed by atoms with E-state index in [1.54, 1.807) is 0 Å². The van der Waals surface area contributed by atoms with Crippen molar-refractivity contribution in [1.82, 2.24) is 15.1 Å². The van der Waals surface area contributed by atoms with Crippen molar-refractivity contribution in [2.75, 3.05) is 39.3 Å². The Morgan fingerprint density at radius 1 is 1.17 bits per heavy atom. The highest BCUT2D eigenvalue weighted by Gasteiger charge is 2.21. The first-order chi connectivity index (χ1) is 8.42. The summed E-state index contributed by atoms with van der Waals surface area (Å²) in [4.78, 5) is 5.21. The summed E-state index contributed by atoms with van der Waals surface area (Å²) in [5, 5.41) is 3.56. The normalized spacial score (nSPS) is 23.5. The maximum Gasteiger partial charge on any atom is 0.0195 e. The third-order valence-electron chi connectivity index (χ3n) is 3.81. The van der Waals surface area contributed by atoms with Gasteiger partial charge in [0.15, 0.2) is 0 Å². The molecule has 3 nitrogen and oxygen atoms in total. The van der Waals surface area contributed by atoms with Gasteiger partial charge in [0.1, 0.15) is 0 Å². The highest BCUT2D eigenvalue weighted by Crippen LogP contribution is 2.09. The summed E-state index contributed by atoms with van der Waals surface area (Å²) in [6.07, 6.45) is 2.61. The molecule has 0 bridgehead atoms. The third-order valence-corrected chi connectivity index (χ3v) is 3.81. The lowest BCUT2D eigenvalue weighted by molar-refractivity contribution is 0.0869. The van der Waals surface area contributed by atoms with E-state index in [1.807, 2.05) is 0 Å². The molecule has 1 rings (SSSR count). The lowest BCUT2D eigenvalue weighted by Crippen LogP contribution is -2.51. The molecule has 18 heavy (non-hydrogen) atoms. The van der Waals surface area contributed by atoms with Crippen LogP contribution in [0.15, 0.2) is 0 Å². The van der Waals surface area contributed by atoms with Crippen molar-refractivity contribution in [2.24, 2.45) is 0 Å². The van der Waals surface area contributed by atoms with Crippen LogP contribution in [0.25, 0.3) is 0 Å². The average Bonchev–Trinajstić information content (AvgIpc) is 2.27. The van der Waals surface area contributed by atoms with Crippen molar-refractivity contribution < 1.29 is 0 Å². The molecule has 0 saturated carbocycles. The molecule has 1 heterocycles. The molecule has 0 radical (unpaired) electrons. The Kier molecular flexibility index (Phi) is 6.61. The van der Waals surface area contributed by atoms with Gasteiger partial charge < -0.3 is 10.2 Å². The summed E-state index contributed by atoms with van der Waals surface area (Å²) in [5.74, 6) is 0. The van der Waals surface area contributed by atoms with E-state index in [1.165, 1.54) is 45.6 Å². The maximum absolute atomic E-state index is 3.56. The van der Waals surface area contributed by atoms with Crippen LogP contribution < -0.4 is 5.32 Å². The van der Waals surface area contributed by atoms with Crippen LogP contribution in [-0.2, 0) is 0 Å². The molecule has 1 saturated heterocycles. The minimum atomic E-state index is 0.265. The molecule has 0 aromatic heterocycles. The van der Waals surface area contributed by atoms with Gasteiger partial charge in [0.25, 0.3) is 0 Å². The van der Waals surface area contributed by atoms with Crippen molar-refractivity contribution in [3.8, 4) is 0 Å². The number of unbranched alkanes of at least 4 members (excludes halogenated alkanes) is 1. The van der Waals surface area contributed by atoms with Crippen LogP contribution in [0.3, 0.4) is 0 Å². The lowest BCUT2D eigenvalue weighted by atomic mass is 10.1. The third kappa shape index (κ3) is 6.17. The summed E-state index contributed by atoms with van der Waals surface area (Å²) in [6.45, 7) is 18.7. The van der Waals surface area contributed by atoms with Gasteiger partial charge >= 0.3 is 0 Å². The molecule has 1 fully saturated rings. The summed E-state index contributed by atoms with van der Waals surface area (Å²) in [7, 11) is 0. The Bertz CT molecular complexity index is 222. The van der Waals surface area contributed by atoms with E-state index >= 15 is 0 Å². The fourth-order valence-electron chi connectivity index (χ4n) is 2.67. The average molecular weight is 255 g/mol. The minimum absolute atomic E-state index is 0.265. The van der Waals surface area contributed by atoms with E-state index in [0.29, 0.717) is 0 Å². The number of hydrogen-bond acceptors (Lipinski definition) is 3. The van der Waals surface area contributed by atoms with Crippen LogP contribution >= 0.6 is 0 Å². The summed E-state index contributed by atoms with van der Waals surface area (Å²) < 4.78 is 0. The molecule has 3 heteroatoms.